The summed E-state index contributed by atoms with van der Waals surface area (Å²) in [7, 11) is 1.69. The Morgan fingerprint density at radius 3 is 2.61 bits per heavy atom. The molecule has 144 valence electrons. The molecule has 1 amide bonds. The van der Waals surface area contributed by atoms with E-state index in [4.69, 9.17) is 4.74 Å². The molecule has 1 saturated heterocycles. The summed E-state index contributed by atoms with van der Waals surface area (Å²) in [6, 6.07) is 14.2. The van der Waals surface area contributed by atoms with Crippen molar-refractivity contribution < 1.29 is 9.53 Å². The molecule has 0 unspecified atom stereocenters. The van der Waals surface area contributed by atoms with Gasteiger partial charge in [-0.25, -0.2) is 0 Å². The second kappa shape index (κ2) is 7.43. The summed E-state index contributed by atoms with van der Waals surface area (Å²) in [6.45, 7) is 9.13. The maximum atomic E-state index is 13.1. The first-order chi connectivity index (χ1) is 13.6. The molecule has 2 heterocycles. The number of nitrogens with one attached hydrogen (secondary N) is 1. The molecule has 1 N–H and O–H groups in total. The predicted octanol–water partition coefficient (Wildman–Crippen LogP) is 3.68. The van der Waals surface area contributed by atoms with Crippen LogP contribution in [0.15, 0.2) is 60.8 Å². The van der Waals surface area contributed by atoms with Gasteiger partial charge < -0.3 is 19.9 Å². The Morgan fingerprint density at radius 1 is 1.11 bits per heavy atom. The minimum Gasteiger partial charge on any atom is -0.495 e. The summed E-state index contributed by atoms with van der Waals surface area (Å²) in [6.07, 6.45) is 1.79. The van der Waals surface area contributed by atoms with Gasteiger partial charge in [-0.2, -0.15) is 0 Å². The summed E-state index contributed by atoms with van der Waals surface area (Å²) in [5.41, 5.74) is 5.65. The zero-order valence-electron chi connectivity index (χ0n) is 16.4. The van der Waals surface area contributed by atoms with E-state index in [-0.39, 0.29) is 5.91 Å². The minimum atomic E-state index is 0.0318. The first-order valence-corrected chi connectivity index (χ1v) is 9.52. The Morgan fingerprint density at radius 2 is 1.86 bits per heavy atom. The molecular formula is C23H25N3O2. The third kappa shape index (κ3) is 3.24. The molecule has 28 heavy (non-hydrogen) atoms. The molecule has 4 rings (SSSR count). The van der Waals surface area contributed by atoms with Gasteiger partial charge >= 0.3 is 0 Å². The number of carbonyl (C=O) groups excluding carboxylic acids is 1. The Labute approximate surface area is 165 Å². The molecule has 0 saturated carbocycles. The average molecular weight is 375 g/mol. The van der Waals surface area contributed by atoms with Crippen molar-refractivity contribution in [2.75, 3.05) is 43.5 Å². The van der Waals surface area contributed by atoms with Crippen LogP contribution in [-0.2, 0) is 4.79 Å². The van der Waals surface area contributed by atoms with Gasteiger partial charge in [0.15, 0.2) is 0 Å². The van der Waals surface area contributed by atoms with Crippen LogP contribution in [0.5, 0.6) is 5.75 Å². The van der Waals surface area contributed by atoms with E-state index < -0.39 is 0 Å². The molecule has 0 bridgehead atoms. The zero-order valence-corrected chi connectivity index (χ0v) is 16.4. The van der Waals surface area contributed by atoms with Crippen LogP contribution in [0.2, 0.25) is 0 Å². The first-order valence-electron chi connectivity index (χ1n) is 9.52. The Bertz CT molecular complexity index is 956. The number of nitrogens with zero attached hydrogens (tertiary/aromatic N) is 2. The molecule has 5 heteroatoms. The summed E-state index contributed by atoms with van der Waals surface area (Å²) in [5, 5.41) is 3.24. The molecular weight excluding hydrogens is 350 g/mol. The third-order valence-electron chi connectivity index (χ3n) is 5.42. The third-order valence-corrected chi connectivity index (χ3v) is 5.42. The van der Waals surface area contributed by atoms with Gasteiger partial charge in [-0.3, -0.25) is 4.79 Å². The molecule has 2 aliphatic heterocycles. The fraction of sp³-hybridized carbons (Fsp3) is 0.261. The second-order valence-corrected chi connectivity index (χ2v) is 7.18. The van der Waals surface area contributed by atoms with Crippen molar-refractivity contribution in [3.8, 4) is 5.75 Å². The van der Waals surface area contributed by atoms with Crippen molar-refractivity contribution in [1.29, 1.82) is 0 Å². The van der Waals surface area contributed by atoms with Gasteiger partial charge in [-0.15, -0.1) is 0 Å². The van der Waals surface area contributed by atoms with Crippen LogP contribution >= 0.6 is 0 Å². The van der Waals surface area contributed by atoms with E-state index in [9.17, 15) is 4.79 Å². The monoisotopic (exact) mass is 375 g/mol. The number of ether oxygens (including phenoxy) is 1. The largest absolute Gasteiger partial charge is 0.495 e. The highest BCUT2D eigenvalue weighted by atomic mass is 16.5. The predicted molar refractivity (Wildman–Crippen MR) is 114 cm³/mol. The standard InChI is InChI=1S/C23H25N3O2/c1-16-8-9-20-18(14-16)17(2)19(15-24-20)23(27)26-12-10-25(11-13-26)21-6-4-5-7-22(21)28-3/h4-9,14-15,24H,2,10-13H2,1,3H3. The smallest absolute Gasteiger partial charge is 0.256 e. The quantitative estimate of drug-likeness (QED) is 0.889. The topological polar surface area (TPSA) is 44.8 Å². The number of piperazine rings is 1. The van der Waals surface area contributed by atoms with Gasteiger partial charge in [0.1, 0.15) is 5.75 Å². The lowest BCUT2D eigenvalue weighted by atomic mass is 9.93. The van der Waals surface area contributed by atoms with Crippen LogP contribution in [0, 0.1) is 6.92 Å². The summed E-state index contributed by atoms with van der Waals surface area (Å²) in [5.74, 6) is 0.895. The van der Waals surface area contributed by atoms with Crippen molar-refractivity contribution in [2.45, 2.75) is 6.92 Å². The van der Waals surface area contributed by atoms with Crippen LogP contribution in [0.25, 0.3) is 5.57 Å². The number of fused-ring (bicyclic) bond motifs is 1. The van der Waals surface area contributed by atoms with Gasteiger partial charge in [0, 0.05) is 43.6 Å². The molecule has 0 radical (unpaired) electrons. The molecule has 2 aliphatic rings. The number of methoxy groups -OCH3 is 1. The average Bonchev–Trinajstić information content (AvgIpc) is 2.74. The number of carbonyl (C=O) groups is 1. The van der Waals surface area contributed by atoms with E-state index in [1.165, 1.54) is 0 Å². The van der Waals surface area contributed by atoms with Gasteiger partial charge in [-0.05, 0) is 36.8 Å². The van der Waals surface area contributed by atoms with E-state index >= 15 is 0 Å². The number of para-hydroxylation sites is 2. The Kier molecular flexibility index (Phi) is 4.82. The Hall–Kier alpha value is -3.21. The summed E-state index contributed by atoms with van der Waals surface area (Å²) >= 11 is 0. The van der Waals surface area contributed by atoms with Crippen LogP contribution in [0.4, 0.5) is 11.4 Å². The normalized spacial score (nSPS) is 16.2. The molecule has 0 aliphatic carbocycles. The number of rotatable bonds is 3. The number of benzene rings is 2. The maximum absolute atomic E-state index is 13.1. The highest BCUT2D eigenvalue weighted by Gasteiger charge is 2.28. The van der Waals surface area contributed by atoms with Gasteiger partial charge in [0.05, 0.1) is 18.4 Å². The molecule has 2 aromatic carbocycles. The van der Waals surface area contributed by atoms with Crippen molar-refractivity contribution in [3.63, 3.8) is 0 Å². The van der Waals surface area contributed by atoms with Crippen LogP contribution < -0.4 is 15.0 Å². The lowest BCUT2D eigenvalue weighted by Crippen LogP contribution is -2.49. The van der Waals surface area contributed by atoms with Crippen LogP contribution in [0.3, 0.4) is 0 Å². The van der Waals surface area contributed by atoms with Crippen LogP contribution in [-0.4, -0.2) is 44.1 Å². The number of aryl methyl sites for hydroxylation is 1. The zero-order chi connectivity index (χ0) is 19.7. The molecule has 2 aromatic rings. The van der Waals surface area contributed by atoms with Crippen molar-refractivity contribution in [1.82, 2.24) is 4.90 Å². The lowest BCUT2D eigenvalue weighted by Gasteiger charge is -2.37. The molecule has 1 fully saturated rings. The van der Waals surface area contributed by atoms with Crippen molar-refractivity contribution in [3.05, 3.63) is 71.9 Å². The van der Waals surface area contributed by atoms with Gasteiger partial charge in [0.2, 0.25) is 0 Å². The van der Waals surface area contributed by atoms with E-state index in [0.29, 0.717) is 18.7 Å². The van der Waals surface area contributed by atoms with E-state index in [1.807, 2.05) is 36.1 Å². The highest BCUT2D eigenvalue weighted by Crippen LogP contribution is 2.34. The fourth-order valence-corrected chi connectivity index (χ4v) is 3.82. The number of hydrogen-bond donors (Lipinski definition) is 1. The second-order valence-electron chi connectivity index (χ2n) is 7.18. The molecule has 5 nitrogen and oxygen atoms in total. The summed E-state index contributed by atoms with van der Waals surface area (Å²) in [4.78, 5) is 17.3. The summed E-state index contributed by atoms with van der Waals surface area (Å²) < 4.78 is 5.47. The molecule has 0 spiro atoms. The molecule has 0 atom stereocenters. The number of hydrogen-bond acceptors (Lipinski definition) is 4. The molecule has 0 aromatic heterocycles. The Balaban J connectivity index is 1.46. The highest BCUT2D eigenvalue weighted by molar-refractivity contribution is 6.11. The maximum Gasteiger partial charge on any atom is 0.256 e. The van der Waals surface area contributed by atoms with Crippen molar-refractivity contribution in [2.24, 2.45) is 0 Å². The van der Waals surface area contributed by atoms with Gasteiger partial charge in [-0.1, -0.05) is 30.3 Å². The number of anilines is 2. The fourth-order valence-electron chi connectivity index (χ4n) is 3.82. The lowest BCUT2D eigenvalue weighted by molar-refractivity contribution is -0.127. The van der Waals surface area contributed by atoms with E-state index in [1.54, 1.807) is 13.3 Å². The van der Waals surface area contributed by atoms with Crippen LogP contribution in [0.1, 0.15) is 11.1 Å². The van der Waals surface area contributed by atoms with Crippen molar-refractivity contribution >= 4 is 22.9 Å². The minimum absolute atomic E-state index is 0.0318. The number of amides is 1. The van der Waals surface area contributed by atoms with Gasteiger partial charge in [0.25, 0.3) is 5.91 Å². The SMILES string of the molecule is C=C1C(C(=O)N2CCN(c3ccccc3OC)CC2)=CNc2ccc(C)cc21. The van der Waals surface area contributed by atoms with E-state index in [0.717, 1.165) is 46.9 Å². The first kappa shape index (κ1) is 18.2. The van der Waals surface area contributed by atoms with E-state index in [2.05, 4.69) is 35.0 Å².